The summed E-state index contributed by atoms with van der Waals surface area (Å²) in [7, 11) is 0. The summed E-state index contributed by atoms with van der Waals surface area (Å²) in [4.78, 5) is 10.6. The van der Waals surface area contributed by atoms with Gasteiger partial charge in [0, 0.05) is 33.0 Å². The molecular weight excluding hydrogens is 510 g/mol. The number of aromatic nitrogens is 3. The quantitative estimate of drug-likeness (QED) is 0.219. The van der Waals surface area contributed by atoms with Crippen LogP contribution in [0.25, 0.3) is 67.0 Å². The molecule has 2 heterocycles. The van der Waals surface area contributed by atoms with Gasteiger partial charge in [0.05, 0.1) is 16.7 Å². The number of allylic oxidation sites excluding steroid dienone is 1. The topological polar surface area (TPSA) is 30.7 Å². The van der Waals surface area contributed by atoms with Crippen LogP contribution in [-0.4, -0.2) is 14.5 Å². The number of nitrogens with zero attached hydrogens (tertiary/aromatic N) is 3. The van der Waals surface area contributed by atoms with E-state index in [0.717, 1.165) is 46.5 Å². The first-order valence-electron chi connectivity index (χ1n) is 14.8. The van der Waals surface area contributed by atoms with Crippen molar-refractivity contribution in [3.63, 3.8) is 0 Å². The minimum Gasteiger partial charge on any atom is -0.282 e. The molecule has 2 aliphatic rings. The van der Waals surface area contributed by atoms with Crippen LogP contribution >= 0.6 is 0 Å². The second kappa shape index (κ2) is 8.50. The van der Waals surface area contributed by atoms with Crippen LogP contribution < -0.4 is 0 Å². The number of hydrogen-bond acceptors (Lipinski definition) is 2. The molecule has 0 amide bonds. The lowest BCUT2D eigenvalue weighted by atomic mass is 9.82. The molecule has 0 unspecified atom stereocenters. The SMILES string of the molecule is CC1(C)c2ccccc2-c2ccc(-c3nc(-n4c5c(c6c7ccccc7ccc64)C=CCC5)nc4ccccc34)cc21. The number of para-hydroxylation sites is 1. The Balaban J connectivity index is 1.32. The van der Waals surface area contributed by atoms with Gasteiger partial charge in [0.25, 0.3) is 0 Å². The fourth-order valence-corrected chi connectivity index (χ4v) is 7.45. The third-order valence-electron chi connectivity index (χ3n) is 9.48. The van der Waals surface area contributed by atoms with Crippen LogP contribution in [0, 0.1) is 0 Å². The van der Waals surface area contributed by atoms with E-state index in [1.54, 1.807) is 0 Å². The van der Waals surface area contributed by atoms with Crippen LogP contribution in [-0.2, 0) is 11.8 Å². The third-order valence-corrected chi connectivity index (χ3v) is 9.48. The van der Waals surface area contributed by atoms with Crippen molar-refractivity contribution in [2.45, 2.75) is 32.1 Å². The first-order valence-corrected chi connectivity index (χ1v) is 14.8. The molecule has 0 bridgehead atoms. The van der Waals surface area contributed by atoms with E-state index in [0.29, 0.717) is 0 Å². The summed E-state index contributed by atoms with van der Waals surface area (Å²) in [6.07, 6.45) is 6.57. The van der Waals surface area contributed by atoms with E-state index in [-0.39, 0.29) is 5.41 Å². The van der Waals surface area contributed by atoms with Gasteiger partial charge in [-0.25, -0.2) is 9.97 Å². The van der Waals surface area contributed by atoms with E-state index in [1.165, 1.54) is 49.7 Å². The zero-order chi connectivity index (χ0) is 28.0. The molecule has 7 aromatic rings. The molecule has 9 rings (SSSR count). The van der Waals surface area contributed by atoms with Gasteiger partial charge in [-0.05, 0) is 64.1 Å². The van der Waals surface area contributed by atoms with E-state index in [9.17, 15) is 0 Å². The minimum absolute atomic E-state index is 0.0727. The van der Waals surface area contributed by atoms with Gasteiger partial charge in [-0.2, -0.15) is 0 Å². The second-order valence-electron chi connectivity index (χ2n) is 12.1. The predicted octanol–water partition coefficient (Wildman–Crippen LogP) is 9.66. The van der Waals surface area contributed by atoms with Gasteiger partial charge >= 0.3 is 0 Å². The Morgan fingerprint density at radius 3 is 2.43 bits per heavy atom. The molecule has 5 aromatic carbocycles. The Morgan fingerprint density at radius 2 is 1.50 bits per heavy atom. The highest BCUT2D eigenvalue weighted by molar-refractivity contribution is 6.12. The van der Waals surface area contributed by atoms with Gasteiger partial charge in [0.1, 0.15) is 0 Å². The second-order valence-corrected chi connectivity index (χ2v) is 12.1. The van der Waals surface area contributed by atoms with Gasteiger partial charge in [-0.15, -0.1) is 0 Å². The molecule has 0 radical (unpaired) electrons. The van der Waals surface area contributed by atoms with Crippen LogP contribution in [0.15, 0.2) is 109 Å². The van der Waals surface area contributed by atoms with E-state index >= 15 is 0 Å². The maximum absolute atomic E-state index is 5.40. The van der Waals surface area contributed by atoms with Crippen molar-refractivity contribution in [1.82, 2.24) is 14.5 Å². The monoisotopic (exact) mass is 539 g/mol. The Labute approximate surface area is 244 Å². The summed E-state index contributed by atoms with van der Waals surface area (Å²) in [5.41, 5.74) is 12.1. The molecule has 0 fully saturated rings. The summed E-state index contributed by atoms with van der Waals surface area (Å²) in [5, 5.41) is 4.89. The molecule has 0 N–H and O–H groups in total. The minimum atomic E-state index is -0.0727. The highest BCUT2D eigenvalue weighted by Gasteiger charge is 2.35. The molecule has 3 nitrogen and oxygen atoms in total. The predicted molar refractivity (Wildman–Crippen MR) is 174 cm³/mol. The highest BCUT2D eigenvalue weighted by atomic mass is 15.2. The summed E-state index contributed by atoms with van der Waals surface area (Å²) in [6, 6.07) is 37.3. The molecule has 200 valence electrons. The average Bonchev–Trinajstić information content (AvgIpc) is 3.50. The molecule has 0 atom stereocenters. The maximum Gasteiger partial charge on any atom is 0.235 e. The van der Waals surface area contributed by atoms with Crippen molar-refractivity contribution in [2.75, 3.05) is 0 Å². The third kappa shape index (κ3) is 3.16. The first-order chi connectivity index (χ1) is 20.6. The van der Waals surface area contributed by atoms with Gasteiger partial charge in [0.15, 0.2) is 0 Å². The van der Waals surface area contributed by atoms with Crippen LogP contribution in [0.1, 0.15) is 42.7 Å². The zero-order valence-corrected chi connectivity index (χ0v) is 23.7. The molecule has 2 aromatic heterocycles. The molecule has 2 aliphatic carbocycles. The van der Waals surface area contributed by atoms with Crippen LogP contribution in [0.3, 0.4) is 0 Å². The maximum atomic E-state index is 5.40. The van der Waals surface area contributed by atoms with Gasteiger partial charge in [-0.3, -0.25) is 4.57 Å². The Kier molecular flexibility index (Phi) is 4.79. The highest BCUT2D eigenvalue weighted by Crippen LogP contribution is 2.49. The summed E-state index contributed by atoms with van der Waals surface area (Å²) in [6.45, 7) is 4.67. The van der Waals surface area contributed by atoms with E-state index in [1.807, 2.05) is 0 Å². The largest absolute Gasteiger partial charge is 0.282 e. The lowest BCUT2D eigenvalue weighted by Crippen LogP contribution is -2.15. The molecule has 0 spiro atoms. The number of hydrogen-bond donors (Lipinski definition) is 0. The van der Waals surface area contributed by atoms with Crippen molar-refractivity contribution in [2.24, 2.45) is 0 Å². The normalized spacial score (nSPS) is 14.8. The van der Waals surface area contributed by atoms with E-state index in [4.69, 9.17) is 9.97 Å². The summed E-state index contributed by atoms with van der Waals surface area (Å²) >= 11 is 0. The van der Waals surface area contributed by atoms with Crippen molar-refractivity contribution >= 4 is 38.7 Å². The fraction of sp³-hybridized carbons (Fsp3) is 0.128. The molecule has 0 saturated carbocycles. The lowest BCUT2D eigenvalue weighted by Gasteiger charge is -2.22. The van der Waals surface area contributed by atoms with Crippen LogP contribution in [0.2, 0.25) is 0 Å². The van der Waals surface area contributed by atoms with Crippen LogP contribution in [0.5, 0.6) is 0 Å². The molecular formula is C39H29N3. The summed E-state index contributed by atoms with van der Waals surface area (Å²) < 4.78 is 2.32. The van der Waals surface area contributed by atoms with Crippen molar-refractivity contribution in [1.29, 1.82) is 0 Å². The van der Waals surface area contributed by atoms with Crippen molar-refractivity contribution in [3.05, 3.63) is 132 Å². The average molecular weight is 540 g/mol. The Morgan fingerprint density at radius 1 is 0.714 bits per heavy atom. The molecule has 0 aliphatic heterocycles. The number of benzene rings is 5. The van der Waals surface area contributed by atoms with Gasteiger partial charge in [-0.1, -0.05) is 111 Å². The fourth-order valence-electron chi connectivity index (χ4n) is 7.45. The Bertz CT molecular complexity index is 2280. The first kappa shape index (κ1) is 23.7. The van der Waals surface area contributed by atoms with Gasteiger partial charge in [0.2, 0.25) is 5.95 Å². The molecule has 42 heavy (non-hydrogen) atoms. The van der Waals surface area contributed by atoms with Crippen molar-refractivity contribution in [3.8, 4) is 28.3 Å². The summed E-state index contributed by atoms with van der Waals surface area (Å²) in [5.74, 6) is 0.739. The zero-order valence-electron chi connectivity index (χ0n) is 23.7. The molecule has 0 saturated heterocycles. The lowest BCUT2D eigenvalue weighted by molar-refractivity contribution is 0.660. The smallest absolute Gasteiger partial charge is 0.235 e. The van der Waals surface area contributed by atoms with Crippen LogP contribution in [0.4, 0.5) is 0 Å². The number of fused-ring (bicyclic) bond motifs is 9. The number of rotatable bonds is 2. The van der Waals surface area contributed by atoms with Crippen molar-refractivity contribution < 1.29 is 0 Å². The van der Waals surface area contributed by atoms with Gasteiger partial charge < -0.3 is 0 Å². The van der Waals surface area contributed by atoms with E-state index in [2.05, 4.69) is 134 Å². The van der Waals surface area contributed by atoms with E-state index < -0.39 is 0 Å². The Hall–Kier alpha value is -5.02. The molecule has 3 heteroatoms. The standard InChI is InChI=1S/C39H29N3/c1-39(2)31-16-8-5-13-27(31)28-21-19-25(23-32(28)39)37-29-14-6-9-17-33(29)40-38(41-37)42-34-18-10-7-15-30(34)36-26-12-4-3-11-24(26)20-22-35(36)42/h3-9,11-17,19-23H,10,18H2,1-2H3.